The second kappa shape index (κ2) is 5.70. The Morgan fingerprint density at radius 2 is 2.11 bits per heavy atom. The molecule has 0 spiro atoms. The Bertz CT molecular complexity index is 1140. The van der Waals surface area contributed by atoms with Crippen LogP contribution >= 0.6 is 0 Å². The Hall–Kier alpha value is -3.61. The molecule has 7 heteroatoms. The van der Waals surface area contributed by atoms with E-state index in [2.05, 4.69) is 9.97 Å². The summed E-state index contributed by atoms with van der Waals surface area (Å²) < 4.78 is 13.0. The third-order valence-electron chi connectivity index (χ3n) is 4.91. The lowest BCUT2D eigenvalue weighted by Crippen LogP contribution is -2.04. The lowest BCUT2D eigenvalue weighted by molar-refractivity contribution is 0.323. The Labute approximate surface area is 155 Å². The van der Waals surface area contributed by atoms with Crippen molar-refractivity contribution in [1.82, 2.24) is 14.5 Å². The van der Waals surface area contributed by atoms with Crippen LogP contribution in [0.1, 0.15) is 5.69 Å². The smallest absolute Gasteiger partial charge is 0.150 e. The molecule has 4 aromatic rings. The predicted octanol–water partition coefficient (Wildman–Crippen LogP) is 3.25. The number of nitrogens with two attached hydrogens (primary N) is 1. The van der Waals surface area contributed by atoms with Crippen molar-refractivity contribution in [2.24, 2.45) is 0 Å². The summed E-state index contributed by atoms with van der Waals surface area (Å²) in [5, 5.41) is 11.0. The van der Waals surface area contributed by atoms with Gasteiger partial charge in [0.15, 0.2) is 0 Å². The Balaban J connectivity index is 1.77. The summed E-state index contributed by atoms with van der Waals surface area (Å²) in [5.41, 5.74) is 10.1. The highest BCUT2D eigenvalue weighted by Gasteiger charge is 2.28. The van der Waals surface area contributed by atoms with E-state index in [1.807, 2.05) is 47.0 Å². The van der Waals surface area contributed by atoms with Crippen LogP contribution in [0.25, 0.3) is 28.1 Å². The van der Waals surface area contributed by atoms with Crippen molar-refractivity contribution in [1.29, 1.82) is 0 Å². The number of para-hydroxylation sites is 2. The first-order valence-electron chi connectivity index (χ1n) is 8.65. The molecule has 2 aromatic carbocycles. The van der Waals surface area contributed by atoms with E-state index in [1.54, 1.807) is 7.11 Å². The Morgan fingerprint density at radius 1 is 1.26 bits per heavy atom. The molecule has 1 aliphatic rings. The molecule has 0 atom stereocenters. The van der Waals surface area contributed by atoms with Crippen molar-refractivity contribution in [2.75, 3.05) is 19.5 Å². The number of nitrogens with zero attached hydrogens (tertiary/aromatic N) is 2. The zero-order chi connectivity index (χ0) is 18.5. The van der Waals surface area contributed by atoms with Gasteiger partial charge in [0.2, 0.25) is 0 Å². The van der Waals surface area contributed by atoms with Crippen molar-refractivity contribution in [3.8, 4) is 34.3 Å². The zero-order valence-corrected chi connectivity index (χ0v) is 14.7. The van der Waals surface area contributed by atoms with Gasteiger partial charge in [0.25, 0.3) is 0 Å². The summed E-state index contributed by atoms with van der Waals surface area (Å²) in [6, 6.07) is 13.2. The SMILES string of the molecule is COc1ccc2c(c1)-n1c(N)c(-c3nc4ccccc4[nH]3)c(O)c1CCO2. The van der Waals surface area contributed by atoms with Gasteiger partial charge in [-0.3, -0.25) is 4.57 Å². The minimum absolute atomic E-state index is 0.117. The topological polar surface area (TPSA) is 98.3 Å². The van der Waals surface area contributed by atoms with Crippen molar-refractivity contribution in [2.45, 2.75) is 6.42 Å². The summed E-state index contributed by atoms with van der Waals surface area (Å²) in [4.78, 5) is 7.84. The summed E-state index contributed by atoms with van der Waals surface area (Å²) in [5.74, 6) is 2.43. The van der Waals surface area contributed by atoms with Crippen LogP contribution in [0, 0.1) is 0 Å². The van der Waals surface area contributed by atoms with E-state index in [-0.39, 0.29) is 5.75 Å². The van der Waals surface area contributed by atoms with E-state index >= 15 is 0 Å². The summed E-state index contributed by atoms with van der Waals surface area (Å²) in [6.45, 7) is 0.440. The maximum absolute atomic E-state index is 11.0. The fourth-order valence-electron chi connectivity index (χ4n) is 3.62. The van der Waals surface area contributed by atoms with Crippen LogP contribution in [0.5, 0.6) is 17.2 Å². The zero-order valence-electron chi connectivity index (χ0n) is 14.7. The summed E-state index contributed by atoms with van der Waals surface area (Å²) >= 11 is 0. The largest absolute Gasteiger partial charge is 0.505 e. The van der Waals surface area contributed by atoms with Gasteiger partial charge in [-0.05, 0) is 24.3 Å². The number of hydrogen-bond acceptors (Lipinski definition) is 5. The normalized spacial score (nSPS) is 12.9. The number of rotatable bonds is 2. The van der Waals surface area contributed by atoms with Crippen molar-refractivity contribution in [3.63, 3.8) is 0 Å². The van der Waals surface area contributed by atoms with Crippen LogP contribution in [0.3, 0.4) is 0 Å². The quantitative estimate of drug-likeness (QED) is 0.508. The molecule has 3 heterocycles. The Morgan fingerprint density at radius 3 is 2.93 bits per heavy atom. The van der Waals surface area contributed by atoms with Gasteiger partial charge in [-0.2, -0.15) is 0 Å². The van der Waals surface area contributed by atoms with Crippen LogP contribution in [-0.2, 0) is 6.42 Å². The van der Waals surface area contributed by atoms with Gasteiger partial charge in [-0.15, -0.1) is 0 Å². The van der Waals surface area contributed by atoms with Crippen LogP contribution < -0.4 is 15.2 Å². The molecule has 0 saturated heterocycles. The standard InChI is InChI=1S/C20H18N4O3/c1-26-11-6-7-16-15(10-11)24-14(8-9-27-16)18(25)17(19(24)21)20-22-12-4-2-3-5-13(12)23-20/h2-7,10,25H,8-9,21H2,1H3,(H,22,23). The molecule has 2 aromatic heterocycles. The van der Waals surface area contributed by atoms with E-state index in [9.17, 15) is 5.11 Å². The van der Waals surface area contributed by atoms with E-state index in [4.69, 9.17) is 15.2 Å². The highest BCUT2D eigenvalue weighted by Crippen LogP contribution is 2.44. The predicted molar refractivity (Wildman–Crippen MR) is 103 cm³/mol. The molecule has 0 saturated carbocycles. The lowest BCUT2D eigenvalue weighted by atomic mass is 10.2. The summed E-state index contributed by atoms with van der Waals surface area (Å²) in [7, 11) is 1.61. The van der Waals surface area contributed by atoms with Crippen LogP contribution in [-0.4, -0.2) is 33.4 Å². The molecular formula is C20H18N4O3. The van der Waals surface area contributed by atoms with Crippen molar-refractivity contribution >= 4 is 16.9 Å². The van der Waals surface area contributed by atoms with E-state index in [0.717, 1.165) is 16.7 Å². The molecule has 7 nitrogen and oxygen atoms in total. The van der Waals surface area contributed by atoms with Gasteiger partial charge in [0.05, 0.1) is 36.1 Å². The average Bonchev–Trinajstić information content (AvgIpc) is 3.13. The van der Waals surface area contributed by atoms with Gasteiger partial charge in [0, 0.05) is 12.5 Å². The van der Waals surface area contributed by atoms with Crippen LogP contribution in [0.4, 0.5) is 5.82 Å². The Kier molecular flexibility index (Phi) is 3.30. The summed E-state index contributed by atoms with van der Waals surface area (Å²) in [6.07, 6.45) is 0.521. The molecule has 0 aliphatic carbocycles. The van der Waals surface area contributed by atoms with Gasteiger partial charge < -0.3 is 25.3 Å². The number of aromatic amines is 1. The van der Waals surface area contributed by atoms with Crippen LogP contribution in [0.2, 0.25) is 0 Å². The number of anilines is 1. The molecular weight excluding hydrogens is 344 g/mol. The molecule has 1 aliphatic heterocycles. The highest BCUT2D eigenvalue weighted by molar-refractivity contribution is 5.86. The second-order valence-corrected chi connectivity index (χ2v) is 6.43. The molecule has 4 N–H and O–H groups in total. The van der Waals surface area contributed by atoms with Gasteiger partial charge >= 0.3 is 0 Å². The molecule has 0 bridgehead atoms. The number of H-pyrrole nitrogens is 1. The van der Waals surface area contributed by atoms with E-state index < -0.39 is 0 Å². The van der Waals surface area contributed by atoms with Crippen molar-refractivity contribution < 1.29 is 14.6 Å². The highest BCUT2D eigenvalue weighted by atomic mass is 16.5. The third kappa shape index (κ3) is 2.25. The van der Waals surface area contributed by atoms with Gasteiger partial charge in [-0.25, -0.2) is 4.98 Å². The molecule has 5 rings (SSSR count). The fourth-order valence-corrected chi connectivity index (χ4v) is 3.62. The average molecular weight is 362 g/mol. The van der Waals surface area contributed by atoms with Crippen LogP contribution in [0.15, 0.2) is 42.5 Å². The number of aromatic nitrogens is 3. The minimum atomic E-state index is 0.117. The number of hydrogen-bond donors (Lipinski definition) is 3. The number of methoxy groups -OCH3 is 1. The first-order chi connectivity index (χ1) is 13.2. The number of benzene rings is 2. The molecule has 0 unspecified atom stereocenters. The fraction of sp³-hybridized carbons (Fsp3) is 0.150. The molecule has 27 heavy (non-hydrogen) atoms. The maximum Gasteiger partial charge on any atom is 0.150 e. The molecule has 136 valence electrons. The number of fused-ring (bicyclic) bond motifs is 4. The first-order valence-corrected chi connectivity index (χ1v) is 8.65. The number of aromatic hydroxyl groups is 1. The maximum atomic E-state index is 11.0. The number of ether oxygens (including phenoxy) is 2. The first kappa shape index (κ1) is 15.6. The van der Waals surface area contributed by atoms with Gasteiger partial charge in [-0.1, -0.05) is 12.1 Å². The third-order valence-corrected chi connectivity index (χ3v) is 4.91. The molecule has 0 fully saturated rings. The number of imidazole rings is 1. The van der Waals surface area contributed by atoms with Crippen molar-refractivity contribution in [3.05, 3.63) is 48.2 Å². The lowest BCUT2D eigenvalue weighted by Gasteiger charge is -2.12. The van der Waals surface area contributed by atoms with E-state index in [1.165, 1.54) is 0 Å². The number of nitrogens with one attached hydrogen (secondary N) is 1. The van der Waals surface area contributed by atoms with E-state index in [0.29, 0.717) is 47.4 Å². The number of nitrogen functional groups attached to an aromatic ring is 1. The second-order valence-electron chi connectivity index (χ2n) is 6.43. The van der Waals surface area contributed by atoms with Gasteiger partial charge in [0.1, 0.15) is 34.5 Å². The molecule has 0 radical (unpaired) electrons. The monoisotopic (exact) mass is 362 g/mol. The molecule has 0 amide bonds. The minimum Gasteiger partial charge on any atom is -0.505 e.